The predicted molar refractivity (Wildman–Crippen MR) is 83.7 cm³/mol. The summed E-state index contributed by atoms with van der Waals surface area (Å²) >= 11 is 0. The predicted octanol–water partition coefficient (Wildman–Crippen LogP) is 3.41. The highest BCUT2D eigenvalue weighted by molar-refractivity contribution is 5.98. The highest BCUT2D eigenvalue weighted by Gasteiger charge is 2.19. The van der Waals surface area contributed by atoms with Crippen LogP contribution in [-0.2, 0) is 0 Å². The molecule has 1 aliphatic carbocycles. The van der Waals surface area contributed by atoms with Crippen LogP contribution in [0.1, 0.15) is 36.2 Å². The van der Waals surface area contributed by atoms with E-state index in [4.69, 9.17) is 4.74 Å². The van der Waals surface area contributed by atoms with Crippen molar-refractivity contribution < 1.29 is 9.53 Å². The van der Waals surface area contributed by atoms with Crippen molar-refractivity contribution in [3.05, 3.63) is 42.1 Å². The van der Waals surface area contributed by atoms with Gasteiger partial charge in [-0.3, -0.25) is 4.79 Å². The van der Waals surface area contributed by atoms with E-state index < -0.39 is 0 Å². The van der Waals surface area contributed by atoms with Gasteiger partial charge >= 0.3 is 0 Å². The first-order chi connectivity index (χ1) is 10.2. The van der Waals surface area contributed by atoms with Crippen molar-refractivity contribution >= 4 is 16.8 Å². The second-order valence-electron chi connectivity index (χ2n) is 5.63. The van der Waals surface area contributed by atoms with Crippen LogP contribution in [0.5, 0.6) is 5.75 Å². The normalized spacial score (nSPS) is 16.1. The number of nitrogens with one attached hydrogen (secondary N) is 2. The molecular weight excluding hydrogens is 264 g/mol. The van der Waals surface area contributed by atoms with Crippen molar-refractivity contribution in [3.63, 3.8) is 0 Å². The molecule has 0 aliphatic heterocycles. The summed E-state index contributed by atoms with van der Waals surface area (Å²) in [6.07, 6.45) is 3.99. The third kappa shape index (κ3) is 2.94. The molecule has 1 amide bonds. The molecular formula is C17H20N2O2. The summed E-state index contributed by atoms with van der Waals surface area (Å²) in [4.78, 5) is 15.5. The van der Waals surface area contributed by atoms with Gasteiger partial charge in [-0.1, -0.05) is 12.2 Å². The molecule has 1 aromatic heterocycles. The Bertz CT molecular complexity index is 677. The highest BCUT2D eigenvalue weighted by atomic mass is 16.5. The molecule has 1 aliphatic rings. The average molecular weight is 284 g/mol. The first-order valence-electron chi connectivity index (χ1n) is 7.30. The number of allylic oxidation sites excluding steroid dienone is 1. The van der Waals surface area contributed by atoms with Crippen molar-refractivity contribution in [2.24, 2.45) is 0 Å². The van der Waals surface area contributed by atoms with Crippen LogP contribution in [-0.4, -0.2) is 24.0 Å². The molecule has 2 aromatic rings. The van der Waals surface area contributed by atoms with Gasteiger partial charge in [0, 0.05) is 23.0 Å². The molecule has 0 spiro atoms. The topological polar surface area (TPSA) is 54.1 Å². The number of benzene rings is 1. The summed E-state index contributed by atoms with van der Waals surface area (Å²) in [7, 11) is 1.63. The quantitative estimate of drug-likeness (QED) is 0.849. The monoisotopic (exact) mass is 284 g/mol. The Balaban J connectivity index is 1.73. The molecule has 4 nitrogen and oxygen atoms in total. The molecule has 1 saturated carbocycles. The van der Waals surface area contributed by atoms with Gasteiger partial charge in [0.2, 0.25) is 0 Å². The molecule has 110 valence electrons. The summed E-state index contributed by atoms with van der Waals surface area (Å²) in [6, 6.07) is 7.88. The maximum absolute atomic E-state index is 12.3. The fraction of sp³-hybridized carbons (Fsp3) is 0.353. The number of aromatic amines is 1. The van der Waals surface area contributed by atoms with Crippen LogP contribution in [0.2, 0.25) is 0 Å². The molecule has 1 fully saturated rings. The molecule has 0 radical (unpaired) electrons. The number of H-pyrrole nitrogens is 1. The Morgan fingerprint density at radius 3 is 2.81 bits per heavy atom. The van der Waals surface area contributed by atoms with E-state index in [1.807, 2.05) is 24.3 Å². The molecule has 2 N–H and O–H groups in total. The Morgan fingerprint density at radius 2 is 2.10 bits per heavy atom. The highest BCUT2D eigenvalue weighted by Crippen LogP contribution is 2.23. The molecule has 0 saturated heterocycles. The maximum Gasteiger partial charge on any atom is 0.267 e. The summed E-state index contributed by atoms with van der Waals surface area (Å²) in [5, 5.41) is 4.11. The van der Waals surface area contributed by atoms with Gasteiger partial charge in [-0.25, -0.2) is 0 Å². The number of aromatic nitrogens is 1. The van der Waals surface area contributed by atoms with E-state index >= 15 is 0 Å². The lowest BCUT2D eigenvalue weighted by Gasteiger charge is -2.24. The Hall–Kier alpha value is -2.23. The molecule has 0 bridgehead atoms. The van der Waals surface area contributed by atoms with Crippen LogP contribution >= 0.6 is 0 Å². The Kier molecular flexibility index (Phi) is 3.69. The average Bonchev–Trinajstić information content (AvgIpc) is 2.92. The number of fused-ring (bicyclic) bond motifs is 1. The van der Waals surface area contributed by atoms with E-state index in [1.165, 1.54) is 5.57 Å². The lowest BCUT2D eigenvalue weighted by Crippen LogP contribution is -2.36. The molecule has 21 heavy (non-hydrogen) atoms. The summed E-state index contributed by atoms with van der Waals surface area (Å²) in [5.74, 6) is 0.741. The number of rotatable bonds is 3. The van der Waals surface area contributed by atoms with Gasteiger partial charge in [-0.15, -0.1) is 0 Å². The summed E-state index contributed by atoms with van der Waals surface area (Å²) in [5.41, 5.74) is 2.80. The summed E-state index contributed by atoms with van der Waals surface area (Å²) in [6.45, 7) is 4.00. The zero-order valence-electron chi connectivity index (χ0n) is 12.2. The molecule has 0 atom stereocenters. The van der Waals surface area contributed by atoms with Crippen LogP contribution in [0.25, 0.3) is 10.9 Å². The minimum absolute atomic E-state index is 0.0392. The lowest BCUT2D eigenvalue weighted by molar-refractivity contribution is 0.0926. The second-order valence-corrected chi connectivity index (χ2v) is 5.63. The van der Waals surface area contributed by atoms with Crippen LogP contribution in [0, 0.1) is 0 Å². The van der Waals surface area contributed by atoms with E-state index in [1.54, 1.807) is 7.11 Å². The second kappa shape index (κ2) is 5.64. The van der Waals surface area contributed by atoms with E-state index in [-0.39, 0.29) is 11.9 Å². The van der Waals surface area contributed by atoms with E-state index in [9.17, 15) is 4.79 Å². The molecule has 4 heteroatoms. The third-order valence-electron chi connectivity index (χ3n) is 4.10. The number of ether oxygens (including phenoxy) is 1. The minimum atomic E-state index is -0.0392. The molecule has 1 aromatic carbocycles. The fourth-order valence-electron chi connectivity index (χ4n) is 2.79. The van der Waals surface area contributed by atoms with Crippen molar-refractivity contribution in [2.45, 2.75) is 31.7 Å². The molecule has 3 rings (SSSR count). The van der Waals surface area contributed by atoms with Gasteiger partial charge in [-0.2, -0.15) is 0 Å². The largest absolute Gasteiger partial charge is 0.497 e. The van der Waals surface area contributed by atoms with Gasteiger partial charge in [0.15, 0.2) is 0 Å². The van der Waals surface area contributed by atoms with Crippen LogP contribution < -0.4 is 10.1 Å². The smallest absolute Gasteiger partial charge is 0.267 e. The van der Waals surface area contributed by atoms with Crippen LogP contribution in [0.15, 0.2) is 36.4 Å². The van der Waals surface area contributed by atoms with Gasteiger partial charge < -0.3 is 15.0 Å². The third-order valence-corrected chi connectivity index (χ3v) is 4.10. The van der Waals surface area contributed by atoms with E-state index in [0.717, 1.165) is 42.3 Å². The fourth-order valence-corrected chi connectivity index (χ4v) is 2.79. The Morgan fingerprint density at radius 1 is 1.33 bits per heavy atom. The number of carbonyl (C=O) groups excluding carboxylic acids is 1. The number of carbonyl (C=O) groups is 1. The van der Waals surface area contributed by atoms with Gasteiger partial charge in [0.1, 0.15) is 11.4 Å². The number of hydrogen-bond donors (Lipinski definition) is 2. The van der Waals surface area contributed by atoms with Crippen molar-refractivity contribution in [1.29, 1.82) is 0 Å². The first-order valence-corrected chi connectivity index (χ1v) is 7.30. The minimum Gasteiger partial charge on any atom is -0.497 e. The zero-order valence-corrected chi connectivity index (χ0v) is 12.2. The van der Waals surface area contributed by atoms with Crippen molar-refractivity contribution in [3.8, 4) is 5.75 Å². The maximum atomic E-state index is 12.3. The van der Waals surface area contributed by atoms with Crippen molar-refractivity contribution in [2.75, 3.05) is 7.11 Å². The lowest BCUT2D eigenvalue weighted by atomic mass is 9.92. The molecule has 0 unspecified atom stereocenters. The van der Waals surface area contributed by atoms with E-state index in [0.29, 0.717) is 5.69 Å². The van der Waals surface area contributed by atoms with Crippen LogP contribution in [0.4, 0.5) is 0 Å². The standard InChI is InChI=1S/C17H20N2O2/c1-11-3-6-13(7-4-11)18-17(20)16-9-12-5-8-14(21-2)10-15(12)19-16/h5,8-10,13,19H,1,3-4,6-7H2,2H3,(H,18,20). The summed E-state index contributed by atoms with van der Waals surface area (Å²) < 4.78 is 5.19. The van der Waals surface area contributed by atoms with Gasteiger partial charge in [0.25, 0.3) is 5.91 Å². The number of hydrogen-bond acceptors (Lipinski definition) is 2. The number of amides is 1. The van der Waals surface area contributed by atoms with Crippen LogP contribution in [0.3, 0.4) is 0 Å². The zero-order chi connectivity index (χ0) is 14.8. The number of methoxy groups -OCH3 is 1. The molecule has 1 heterocycles. The first kappa shape index (κ1) is 13.7. The van der Waals surface area contributed by atoms with Gasteiger partial charge in [0.05, 0.1) is 7.11 Å². The van der Waals surface area contributed by atoms with E-state index in [2.05, 4.69) is 16.9 Å². The Labute approximate surface area is 124 Å². The SMILES string of the molecule is C=C1CCC(NC(=O)c2cc3ccc(OC)cc3[nH]2)CC1. The van der Waals surface area contributed by atoms with Crippen molar-refractivity contribution in [1.82, 2.24) is 10.3 Å². The van der Waals surface area contributed by atoms with Gasteiger partial charge in [-0.05, 0) is 43.9 Å².